The van der Waals surface area contributed by atoms with Crippen molar-refractivity contribution >= 4 is 27.6 Å². The van der Waals surface area contributed by atoms with Crippen LogP contribution in [0.25, 0.3) is 0 Å². The number of hydrogen-bond acceptors (Lipinski definition) is 5. The smallest absolute Gasteiger partial charge is 0.406 e. The summed E-state index contributed by atoms with van der Waals surface area (Å²) < 4.78 is 69.1. The molecule has 0 aromatic heterocycles. The lowest BCUT2D eigenvalue weighted by atomic mass is 10.1. The van der Waals surface area contributed by atoms with E-state index in [0.717, 1.165) is 27.6 Å². The summed E-state index contributed by atoms with van der Waals surface area (Å²) in [6.45, 7) is 3.94. The largest absolute Gasteiger partial charge is 0.573 e. The van der Waals surface area contributed by atoms with Crippen LogP contribution in [0.2, 0.25) is 0 Å². The van der Waals surface area contributed by atoms with Gasteiger partial charge < -0.3 is 15.0 Å². The van der Waals surface area contributed by atoms with Gasteiger partial charge in [-0.05, 0) is 53.4 Å². The standard InChI is InChI=1S/C28H24F3N3O5S/c1-2-25(40(37,38)34-17-23(32-27(34)36)18-6-4-3-5-7-18)21-10-13-24-20(16-21)14-15-33(24)26(35)19-8-11-22(12-9-19)39-28(29,30)31/h2-13,16,23,25H,1,14-15,17H2,(H,32,36). The van der Waals surface area contributed by atoms with Crippen LogP contribution in [-0.2, 0) is 16.4 Å². The number of fused-ring (bicyclic) bond motifs is 1. The van der Waals surface area contributed by atoms with E-state index in [1.165, 1.54) is 23.1 Å². The Hall–Kier alpha value is -4.32. The molecular weight excluding hydrogens is 547 g/mol. The third-order valence-corrected chi connectivity index (χ3v) is 8.86. The van der Waals surface area contributed by atoms with Crippen LogP contribution < -0.4 is 15.0 Å². The summed E-state index contributed by atoms with van der Waals surface area (Å²) in [4.78, 5) is 27.3. The molecule has 0 saturated carbocycles. The molecule has 12 heteroatoms. The number of halogens is 3. The van der Waals surface area contributed by atoms with Crippen LogP contribution in [0.3, 0.4) is 0 Å². The predicted octanol–water partition coefficient (Wildman–Crippen LogP) is 5.11. The van der Waals surface area contributed by atoms with Crippen LogP contribution >= 0.6 is 0 Å². The summed E-state index contributed by atoms with van der Waals surface area (Å²) in [6, 6.07) is 17.4. The maximum absolute atomic E-state index is 13.6. The lowest BCUT2D eigenvalue weighted by Crippen LogP contribution is -2.37. The van der Waals surface area contributed by atoms with Gasteiger partial charge in [-0.1, -0.05) is 48.5 Å². The third kappa shape index (κ3) is 5.26. The first kappa shape index (κ1) is 27.3. The van der Waals surface area contributed by atoms with E-state index in [1.807, 2.05) is 18.2 Å². The molecule has 2 aliphatic rings. The van der Waals surface area contributed by atoms with Crippen molar-refractivity contribution < 1.29 is 35.9 Å². The molecular formula is C28H24F3N3O5S. The maximum Gasteiger partial charge on any atom is 0.573 e. The third-order valence-electron chi connectivity index (χ3n) is 6.82. The maximum atomic E-state index is 13.6. The molecule has 1 saturated heterocycles. The van der Waals surface area contributed by atoms with E-state index in [2.05, 4.69) is 16.6 Å². The minimum Gasteiger partial charge on any atom is -0.406 e. The van der Waals surface area contributed by atoms with Crippen molar-refractivity contribution in [1.29, 1.82) is 0 Å². The van der Waals surface area contributed by atoms with Crippen molar-refractivity contribution in [3.05, 3.63) is 108 Å². The predicted molar refractivity (Wildman–Crippen MR) is 141 cm³/mol. The van der Waals surface area contributed by atoms with E-state index in [4.69, 9.17) is 0 Å². The number of nitrogens with one attached hydrogen (secondary N) is 1. The van der Waals surface area contributed by atoms with Gasteiger partial charge in [0, 0.05) is 17.8 Å². The average Bonchev–Trinajstić information content (AvgIpc) is 3.52. The number of ether oxygens (including phenoxy) is 1. The van der Waals surface area contributed by atoms with E-state index >= 15 is 0 Å². The van der Waals surface area contributed by atoms with Gasteiger partial charge in [-0.3, -0.25) is 4.79 Å². The molecule has 3 amide bonds. The van der Waals surface area contributed by atoms with Crippen LogP contribution in [-0.4, -0.2) is 44.1 Å². The Bertz CT molecular complexity index is 1560. The first-order valence-corrected chi connectivity index (χ1v) is 13.8. The van der Waals surface area contributed by atoms with Gasteiger partial charge in [0.15, 0.2) is 0 Å². The van der Waals surface area contributed by atoms with Crippen LogP contribution in [0, 0.1) is 0 Å². The molecule has 0 radical (unpaired) electrons. The van der Waals surface area contributed by atoms with Gasteiger partial charge in [0.25, 0.3) is 5.91 Å². The molecule has 1 fully saturated rings. The molecule has 5 rings (SSSR count). The molecule has 0 spiro atoms. The molecule has 2 heterocycles. The number of rotatable bonds is 7. The van der Waals surface area contributed by atoms with Gasteiger partial charge in [0.2, 0.25) is 10.0 Å². The highest BCUT2D eigenvalue weighted by Gasteiger charge is 2.42. The fourth-order valence-corrected chi connectivity index (χ4v) is 6.59. The molecule has 2 atom stereocenters. The molecule has 0 bridgehead atoms. The Morgan fingerprint density at radius 3 is 2.42 bits per heavy atom. The highest BCUT2D eigenvalue weighted by atomic mass is 32.2. The molecule has 8 nitrogen and oxygen atoms in total. The van der Waals surface area contributed by atoms with Crippen molar-refractivity contribution in [2.75, 3.05) is 18.0 Å². The summed E-state index contributed by atoms with van der Waals surface area (Å²) in [5.41, 5.74) is 2.64. The number of amides is 3. The number of nitrogens with zero attached hydrogens (tertiary/aromatic N) is 2. The summed E-state index contributed by atoms with van der Waals surface area (Å²) >= 11 is 0. The molecule has 2 aliphatic heterocycles. The zero-order valence-corrected chi connectivity index (χ0v) is 21.8. The average molecular weight is 572 g/mol. The normalized spacial score (nSPS) is 17.8. The van der Waals surface area contributed by atoms with Crippen LogP contribution in [0.5, 0.6) is 5.75 Å². The second kappa shape index (κ2) is 10.3. The zero-order valence-electron chi connectivity index (χ0n) is 21.0. The highest BCUT2D eigenvalue weighted by molar-refractivity contribution is 7.90. The van der Waals surface area contributed by atoms with E-state index in [1.54, 1.807) is 30.3 Å². The molecule has 2 unspecified atom stereocenters. The Balaban J connectivity index is 1.35. The van der Waals surface area contributed by atoms with Gasteiger partial charge in [-0.2, -0.15) is 0 Å². The molecule has 0 aliphatic carbocycles. The van der Waals surface area contributed by atoms with E-state index in [0.29, 0.717) is 24.2 Å². The van der Waals surface area contributed by atoms with Gasteiger partial charge in [0.1, 0.15) is 11.0 Å². The van der Waals surface area contributed by atoms with Crippen molar-refractivity contribution in [3.8, 4) is 5.75 Å². The summed E-state index contributed by atoms with van der Waals surface area (Å²) in [6.07, 6.45) is -3.13. The molecule has 1 N–H and O–H groups in total. The summed E-state index contributed by atoms with van der Waals surface area (Å²) in [5, 5.41) is 1.51. The second-order valence-corrected chi connectivity index (χ2v) is 11.3. The number of carbonyl (C=O) groups excluding carboxylic acids is 2. The SMILES string of the molecule is C=CC(c1ccc2c(c1)CCN2C(=O)c1ccc(OC(F)(F)F)cc1)S(=O)(=O)N1CC(c2ccccc2)NC1=O. The number of sulfonamides is 1. The number of anilines is 1. The van der Waals surface area contributed by atoms with Crippen molar-refractivity contribution in [2.24, 2.45) is 0 Å². The lowest BCUT2D eigenvalue weighted by molar-refractivity contribution is -0.274. The number of alkyl halides is 3. The minimum atomic E-state index is -4.84. The Morgan fingerprint density at radius 1 is 1.07 bits per heavy atom. The molecule has 40 heavy (non-hydrogen) atoms. The molecule has 208 valence electrons. The second-order valence-electron chi connectivity index (χ2n) is 9.31. The van der Waals surface area contributed by atoms with E-state index in [-0.39, 0.29) is 12.1 Å². The Morgan fingerprint density at radius 2 is 1.77 bits per heavy atom. The monoisotopic (exact) mass is 571 g/mol. The van der Waals surface area contributed by atoms with Gasteiger partial charge in [-0.15, -0.1) is 19.8 Å². The van der Waals surface area contributed by atoms with Crippen molar-refractivity contribution in [3.63, 3.8) is 0 Å². The fourth-order valence-electron chi connectivity index (χ4n) is 4.94. The number of carbonyl (C=O) groups is 2. The summed E-state index contributed by atoms with van der Waals surface area (Å²) in [5.74, 6) is -0.854. The zero-order chi connectivity index (χ0) is 28.7. The molecule has 3 aromatic carbocycles. The van der Waals surface area contributed by atoms with Gasteiger partial charge >= 0.3 is 12.4 Å². The highest BCUT2D eigenvalue weighted by Crippen LogP contribution is 2.36. The number of urea groups is 1. The number of benzene rings is 3. The van der Waals surface area contributed by atoms with Crippen LogP contribution in [0.15, 0.2) is 85.5 Å². The van der Waals surface area contributed by atoms with Gasteiger partial charge in [-0.25, -0.2) is 17.5 Å². The fraction of sp³-hybridized carbons (Fsp3) is 0.214. The van der Waals surface area contributed by atoms with E-state index in [9.17, 15) is 31.2 Å². The topological polar surface area (TPSA) is 96.0 Å². The van der Waals surface area contributed by atoms with Gasteiger partial charge in [0.05, 0.1) is 12.6 Å². The quantitative estimate of drug-likeness (QED) is 0.398. The Labute approximate surface area is 228 Å². The first-order chi connectivity index (χ1) is 19.0. The van der Waals surface area contributed by atoms with Crippen molar-refractivity contribution in [2.45, 2.75) is 24.1 Å². The first-order valence-electron chi connectivity index (χ1n) is 12.3. The lowest BCUT2D eigenvalue weighted by Gasteiger charge is -2.23. The minimum absolute atomic E-state index is 0.0600. The number of hydrogen-bond donors (Lipinski definition) is 1. The molecule has 3 aromatic rings. The van der Waals surface area contributed by atoms with Crippen molar-refractivity contribution in [1.82, 2.24) is 9.62 Å². The summed E-state index contributed by atoms with van der Waals surface area (Å²) in [7, 11) is -4.17. The van der Waals surface area contributed by atoms with Crippen LogP contribution in [0.1, 0.15) is 38.3 Å². The van der Waals surface area contributed by atoms with E-state index < -0.39 is 45.4 Å². The Kier molecular flexibility index (Phi) is 7.05. The van der Waals surface area contributed by atoms with Crippen LogP contribution in [0.4, 0.5) is 23.7 Å².